The predicted molar refractivity (Wildman–Crippen MR) is 82.1 cm³/mol. The summed E-state index contributed by atoms with van der Waals surface area (Å²) in [6.45, 7) is 7.91. The number of benzene rings is 1. The van der Waals surface area contributed by atoms with Gasteiger partial charge in [-0.2, -0.15) is 0 Å². The number of hydrogen-bond acceptors (Lipinski definition) is 3. The van der Waals surface area contributed by atoms with Crippen molar-refractivity contribution in [2.75, 3.05) is 26.7 Å². The highest BCUT2D eigenvalue weighted by molar-refractivity contribution is 5.38. The molecule has 0 saturated carbocycles. The molecule has 2 aliphatic rings. The predicted octanol–water partition coefficient (Wildman–Crippen LogP) is 2.83. The molecule has 20 heavy (non-hydrogen) atoms. The molecule has 2 aliphatic heterocycles. The topological polar surface area (TPSA) is 24.5 Å². The number of nitrogens with one attached hydrogen (secondary N) is 1. The average Bonchev–Trinajstić information content (AvgIpc) is 2.45. The minimum Gasteiger partial charge on any atom is -0.492 e. The van der Waals surface area contributed by atoms with Gasteiger partial charge in [0.1, 0.15) is 12.4 Å². The van der Waals surface area contributed by atoms with Crippen LogP contribution in [0.5, 0.6) is 5.75 Å². The molecule has 2 heterocycles. The van der Waals surface area contributed by atoms with Gasteiger partial charge in [0, 0.05) is 12.1 Å². The molecule has 0 spiro atoms. The Balaban J connectivity index is 1.84. The van der Waals surface area contributed by atoms with E-state index in [1.807, 2.05) is 0 Å². The van der Waals surface area contributed by atoms with E-state index in [2.05, 4.69) is 55.4 Å². The molecule has 2 atom stereocenters. The molecule has 0 radical (unpaired) electrons. The van der Waals surface area contributed by atoms with E-state index in [4.69, 9.17) is 4.74 Å². The van der Waals surface area contributed by atoms with Crippen molar-refractivity contribution in [2.45, 2.75) is 38.8 Å². The highest BCUT2D eigenvalue weighted by atomic mass is 16.5. The zero-order valence-electron chi connectivity index (χ0n) is 12.9. The minimum atomic E-state index is 0.369. The Kier molecular flexibility index (Phi) is 3.74. The molecule has 1 fully saturated rings. The Hall–Kier alpha value is -1.06. The number of fused-ring (bicyclic) bond motifs is 1. The first-order chi connectivity index (χ1) is 9.61. The van der Waals surface area contributed by atoms with E-state index in [-0.39, 0.29) is 0 Å². The number of nitrogens with zero attached hydrogens (tertiary/aromatic N) is 1. The summed E-state index contributed by atoms with van der Waals surface area (Å²) in [7, 11) is 2.06. The molecule has 3 nitrogen and oxygen atoms in total. The summed E-state index contributed by atoms with van der Waals surface area (Å²) >= 11 is 0. The van der Waals surface area contributed by atoms with Gasteiger partial charge in [-0.25, -0.2) is 0 Å². The number of hydrogen-bond donors (Lipinski definition) is 1. The second-order valence-corrected chi connectivity index (χ2v) is 6.92. The third kappa shape index (κ3) is 2.57. The quantitative estimate of drug-likeness (QED) is 0.897. The summed E-state index contributed by atoms with van der Waals surface area (Å²) in [5, 5.41) is 3.51. The van der Waals surface area contributed by atoms with Gasteiger partial charge in [-0.15, -0.1) is 0 Å². The molecule has 1 N–H and O–H groups in total. The van der Waals surface area contributed by atoms with Crippen LogP contribution in [-0.2, 0) is 0 Å². The van der Waals surface area contributed by atoms with E-state index < -0.39 is 0 Å². The zero-order valence-corrected chi connectivity index (χ0v) is 12.9. The smallest absolute Gasteiger partial charge is 0.124 e. The van der Waals surface area contributed by atoms with E-state index in [0.29, 0.717) is 17.5 Å². The number of likely N-dealkylation sites (N-methyl/N-ethyl adjacent to an activating group) is 1. The van der Waals surface area contributed by atoms with Crippen molar-refractivity contribution >= 4 is 0 Å². The van der Waals surface area contributed by atoms with Gasteiger partial charge in [-0.05, 0) is 37.9 Å². The normalized spacial score (nSPS) is 29.6. The van der Waals surface area contributed by atoms with Crippen LogP contribution in [0.2, 0.25) is 0 Å². The Morgan fingerprint density at radius 1 is 1.30 bits per heavy atom. The number of rotatable bonds is 2. The van der Waals surface area contributed by atoms with Crippen LogP contribution < -0.4 is 10.1 Å². The molecular weight excluding hydrogens is 248 g/mol. The maximum atomic E-state index is 6.01. The lowest BCUT2D eigenvalue weighted by Crippen LogP contribution is -2.54. The fourth-order valence-electron chi connectivity index (χ4n) is 3.76. The van der Waals surface area contributed by atoms with Crippen molar-refractivity contribution in [3.63, 3.8) is 0 Å². The van der Waals surface area contributed by atoms with Gasteiger partial charge in [-0.1, -0.05) is 32.0 Å². The van der Waals surface area contributed by atoms with Gasteiger partial charge in [-0.3, -0.25) is 4.90 Å². The summed E-state index contributed by atoms with van der Waals surface area (Å²) in [5.41, 5.74) is 1.72. The average molecular weight is 274 g/mol. The third-order valence-corrected chi connectivity index (χ3v) is 4.76. The van der Waals surface area contributed by atoms with E-state index >= 15 is 0 Å². The van der Waals surface area contributed by atoms with Gasteiger partial charge < -0.3 is 10.1 Å². The van der Waals surface area contributed by atoms with Gasteiger partial charge in [0.25, 0.3) is 0 Å². The van der Waals surface area contributed by atoms with Gasteiger partial charge in [0.2, 0.25) is 0 Å². The van der Waals surface area contributed by atoms with Crippen LogP contribution in [0.1, 0.15) is 38.3 Å². The maximum Gasteiger partial charge on any atom is 0.124 e. The van der Waals surface area contributed by atoms with E-state index in [1.165, 1.54) is 31.5 Å². The minimum absolute atomic E-state index is 0.369. The summed E-state index contributed by atoms with van der Waals surface area (Å²) in [4.78, 5) is 2.63. The molecule has 1 saturated heterocycles. The summed E-state index contributed by atoms with van der Waals surface area (Å²) < 4.78 is 6.01. The molecule has 3 heteroatoms. The Labute approximate surface area is 122 Å². The van der Waals surface area contributed by atoms with Gasteiger partial charge >= 0.3 is 0 Å². The van der Waals surface area contributed by atoms with Crippen molar-refractivity contribution < 1.29 is 4.74 Å². The zero-order chi connectivity index (χ0) is 14.2. The SMILES string of the molecule is CNC1c2ccccc2OCC1N1CCCC(C)(C)C1. The van der Waals surface area contributed by atoms with Crippen LogP contribution in [0.15, 0.2) is 24.3 Å². The molecule has 0 aromatic heterocycles. The Morgan fingerprint density at radius 2 is 2.10 bits per heavy atom. The Morgan fingerprint density at radius 3 is 2.85 bits per heavy atom. The van der Waals surface area contributed by atoms with Crippen LogP contribution in [0.4, 0.5) is 0 Å². The van der Waals surface area contributed by atoms with Crippen molar-refractivity contribution in [3.05, 3.63) is 29.8 Å². The summed E-state index contributed by atoms with van der Waals surface area (Å²) in [6, 6.07) is 9.24. The molecule has 1 aromatic rings. The molecule has 110 valence electrons. The van der Waals surface area contributed by atoms with Crippen LogP contribution in [-0.4, -0.2) is 37.7 Å². The molecule has 1 aromatic carbocycles. The fourth-order valence-corrected chi connectivity index (χ4v) is 3.76. The molecule has 0 amide bonds. The molecular formula is C17H26N2O. The van der Waals surface area contributed by atoms with Gasteiger partial charge in [0.15, 0.2) is 0 Å². The van der Waals surface area contributed by atoms with Gasteiger partial charge in [0.05, 0.1) is 12.1 Å². The number of ether oxygens (including phenoxy) is 1. The number of piperidine rings is 1. The maximum absolute atomic E-state index is 6.01. The molecule has 2 unspecified atom stereocenters. The second kappa shape index (κ2) is 5.38. The number of para-hydroxylation sites is 1. The monoisotopic (exact) mass is 274 g/mol. The first kappa shape index (κ1) is 13.9. The largest absolute Gasteiger partial charge is 0.492 e. The molecule has 0 bridgehead atoms. The first-order valence-corrected chi connectivity index (χ1v) is 7.74. The summed E-state index contributed by atoms with van der Waals surface area (Å²) in [6.07, 6.45) is 2.62. The third-order valence-electron chi connectivity index (χ3n) is 4.76. The second-order valence-electron chi connectivity index (χ2n) is 6.92. The molecule has 3 rings (SSSR count). The lowest BCUT2D eigenvalue weighted by Gasteiger charge is -2.46. The van der Waals surface area contributed by atoms with Crippen LogP contribution >= 0.6 is 0 Å². The van der Waals surface area contributed by atoms with Crippen LogP contribution in [0.3, 0.4) is 0 Å². The van der Waals surface area contributed by atoms with Crippen LogP contribution in [0, 0.1) is 5.41 Å². The lowest BCUT2D eigenvalue weighted by atomic mass is 9.82. The molecule has 0 aliphatic carbocycles. The lowest BCUT2D eigenvalue weighted by molar-refractivity contribution is 0.0286. The summed E-state index contributed by atoms with van der Waals surface area (Å²) in [5.74, 6) is 1.04. The van der Waals surface area contributed by atoms with E-state index in [9.17, 15) is 0 Å². The highest BCUT2D eigenvalue weighted by Crippen LogP contribution is 2.37. The van der Waals surface area contributed by atoms with Crippen molar-refractivity contribution in [1.29, 1.82) is 0 Å². The van der Waals surface area contributed by atoms with E-state index in [0.717, 1.165) is 12.4 Å². The van der Waals surface area contributed by atoms with E-state index in [1.54, 1.807) is 0 Å². The van der Waals surface area contributed by atoms with Crippen molar-refractivity contribution in [1.82, 2.24) is 10.2 Å². The van der Waals surface area contributed by atoms with Crippen molar-refractivity contribution in [3.8, 4) is 5.75 Å². The van der Waals surface area contributed by atoms with Crippen LogP contribution in [0.25, 0.3) is 0 Å². The number of likely N-dealkylation sites (tertiary alicyclic amines) is 1. The van der Waals surface area contributed by atoms with Crippen molar-refractivity contribution in [2.24, 2.45) is 5.41 Å². The highest BCUT2D eigenvalue weighted by Gasteiger charge is 2.37. The first-order valence-electron chi connectivity index (χ1n) is 7.74. The Bertz CT molecular complexity index is 472. The fraction of sp³-hybridized carbons (Fsp3) is 0.647. The standard InChI is InChI=1S/C17H26N2O/c1-17(2)9-6-10-19(12-17)14-11-20-15-8-5-4-7-13(15)16(14)18-3/h4-5,7-8,14,16,18H,6,9-12H2,1-3H3.